The number of benzene rings is 1. The van der Waals surface area contributed by atoms with Crippen LogP contribution in [0.5, 0.6) is 5.75 Å². The third kappa shape index (κ3) is 3.02. The molecule has 0 radical (unpaired) electrons. The lowest BCUT2D eigenvalue weighted by Crippen LogP contribution is -2.59. The van der Waals surface area contributed by atoms with Crippen LogP contribution >= 0.6 is 0 Å². The van der Waals surface area contributed by atoms with Crippen molar-refractivity contribution < 1.29 is 23.5 Å². The molecule has 1 aromatic carbocycles. The summed E-state index contributed by atoms with van der Waals surface area (Å²) < 4.78 is 25.1. The van der Waals surface area contributed by atoms with Crippen molar-refractivity contribution >= 4 is 11.8 Å². The zero-order valence-electron chi connectivity index (χ0n) is 14.1. The lowest BCUT2D eigenvalue weighted by atomic mass is 9.73. The van der Waals surface area contributed by atoms with Crippen LogP contribution in [0.25, 0.3) is 0 Å². The highest BCUT2D eigenvalue weighted by Gasteiger charge is 2.55. The van der Waals surface area contributed by atoms with Gasteiger partial charge in [0.25, 0.3) is 0 Å². The predicted molar refractivity (Wildman–Crippen MR) is 85.5 cm³/mol. The van der Waals surface area contributed by atoms with Crippen LogP contribution in [0, 0.1) is 11.7 Å². The maximum Gasteiger partial charge on any atom is 0.321 e. The minimum absolute atomic E-state index is 0.210. The van der Waals surface area contributed by atoms with Gasteiger partial charge < -0.3 is 14.8 Å². The molecule has 3 rings (SSSR count). The first kappa shape index (κ1) is 16.9. The number of halogens is 1. The van der Waals surface area contributed by atoms with Crippen molar-refractivity contribution in [1.29, 1.82) is 0 Å². The zero-order valence-corrected chi connectivity index (χ0v) is 14.1. The van der Waals surface area contributed by atoms with Crippen molar-refractivity contribution in [2.75, 3.05) is 13.1 Å². The van der Waals surface area contributed by atoms with Gasteiger partial charge in [0, 0.05) is 18.9 Å². The first-order valence-corrected chi connectivity index (χ1v) is 8.18. The monoisotopic (exact) mass is 335 g/mol. The van der Waals surface area contributed by atoms with Gasteiger partial charge in [-0.15, -0.1) is 0 Å². The average Bonchev–Trinajstić information content (AvgIpc) is 2.45. The van der Waals surface area contributed by atoms with Crippen molar-refractivity contribution in [3.05, 3.63) is 29.6 Å². The van der Waals surface area contributed by atoms with Crippen LogP contribution in [0.15, 0.2) is 18.2 Å². The Balaban J connectivity index is 2.04. The zero-order chi connectivity index (χ0) is 17.5. The summed E-state index contributed by atoms with van der Waals surface area (Å²) in [5.41, 5.74) is -1.45. The Hall–Kier alpha value is -1.95. The Morgan fingerprint density at radius 1 is 1.33 bits per heavy atom. The van der Waals surface area contributed by atoms with Crippen LogP contribution in [0.2, 0.25) is 0 Å². The molecule has 24 heavy (non-hydrogen) atoms. The molecule has 1 saturated heterocycles. The van der Waals surface area contributed by atoms with Gasteiger partial charge >= 0.3 is 5.97 Å². The molecular formula is C18H22FNO4. The number of piperidine rings is 1. The Morgan fingerprint density at radius 3 is 2.62 bits per heavy atom. The SMILES string of the molecule is CC(C)(C)OC(=O)C1C(=O)c2ccc(F)cc2OC12CCNCC2. The van der Waals surface area contributed by atoms with Crippen LogP contribution in [0.3, 0.4) is 0 Å². The van der Waals surface area contributed by atoms with Gasteiger partial charge in [-0.25, -0.2) is 4.39 Å². The molecule has 1 N–H and O–H groups in total. The summed E-state index contributed by atoms with van der Waals surface area (Å²) in [6, 6.07) is 3.79. The van der Waals surface area contributed by atoms with E-state index in [-0.39, 0.29) is 17.1 Å². The molecule has 0 bridgehead atoms. The summed E-state index contributed by atoms with van der Waals surface area (Å²) in [4.78, 5) is 25.8. The van der Waals surface area contributed by atoms with Gasteiger partial charge in [0.1, 0.15) is 22.8 Å². The molecule has 0 amide bonds. The van der Waals surface area contributed by atoms with Crippen molar-refractivity contribution in [3.8, 4) is 5.75 Å². The van der Waals surface area contributed by atoms with Gasteiger partial charge in [-0.05, 0) is 46.0 Å². The summed E-state index contributed by atoms with van der Waals surface area (Å²) in [6.45, 7) is 6.53. The van der Waals surface area contributed by atoms with Crippen molar-refractivity contribution in [2.24, 2.45) is 5.92 Å². The summed E-state index contributed by atoms with van der Waals surface area (Å²) in [5.74, 6) is -2.23. The van der Waals surface area contributed by atoms with E-state index in [4.69, 9.17) is 9.47 Å². The van der Waals surface area contributed by atoms with E-state index in [0.717, 1.165) is 0 Å². The molecular weight excluding hydrogens is 313 g/mol. The number of nitrogens with one attached hydrogen (secondary N) is 1. The van der Waals surface area contributed by atoms with E-state index in [1.807, 2.05) is 0 Å². The molecule has 0 aromatic heterocycles. The molecule has 6 heteroatoms. The molecule has 2 aliphatic heterocycles. The molecule has 0 aliphatic carbocycles. The summed E-state index contributed by atoms with van der Waals surface area (Å²) >= 11 is 0. The molecule has 2 aliphatic rings. The van der Waals surface area contributed by atoms with E-state index in [1.54, 1.807) is 20.8 Å². The molecule has 1 unspecified atom stereocenters. The maximum atomic E-state index is 13.6. The number of esters is 1. The van der Waals surface area contributed by atoms with Gasteiger partial charge in [0.05, 0.1) is 5.56 Å². The van der Waals surface area contributed by atoms with Crippen LogP contribution in [0.4, 0.5) is 4.39 Å². The van der Waals surface area contributed by atoms with E-state index >= 15 is 0 Å². The predicted octanol–water partition coefficient (Wildman–Crippen LogP) is 2.48. The van der Waals surface area contributed by atoms with Crippen LogP contribution in [-0.2, 0) is 9.53 Å². The van der Waals surface area contributed by atoms with Crippen LogP contribution < -0.4 is 10.1 Å². The van der Waals surface area contributed by atoms with Crippen molar-refractivity contribution in [1.82, 2.24) is 5.32 Å². The first-order valence-electron chi connectivity index (χ1n) is 8.18. The number of ketones is 1. The van der Waals surface area contributed by atoms with E-state index in [9.17, 15) is 14.0 Å². The van der Waals surface area contributed by atoms with Crippen LogP contribution in [-0.4, -0.2) is 36.0 Å². The third-order valence-electron chi connectivity index (χ3n) is 4.40. The van der Waals surface area contributed by atoms with E-state index < -0.39 is 28.9 Å². The topological polar surface area (TPSA) is 64.6 Å². The highest BCUT2D eigenvalue weighted by Crippen LogP contribution is 2.43. The fraction of sp³-hybridized carbons (Fsp3) is 0.556. The number of ether oxygens (including phenoxy) is 2. The van der Waals surface area contributed by atoms with Crippen molar-refractivity contribution in [2.45, 2.75) is 44.8 Å². The lowest BCUT2D eigenvalue weighted by molar-refractivity contribution is -0.166. The molecule has 5 nitrogen and oxygen atoms in total. The molecule has 1 spiro atoms. The quantitative estimate of drug-likeness (QED) is 0.631. The average molecular weight is 335 g/mol. The Labute approximate surface area is 140 Å². The second-order valence-electron chi connectivity index (χ2n) is 7.39. The Bertz CT molecular complexity index is 674. The standard InChI is InChI=1S/C18H22FNO4/c1-17(2,3)24-16(22)14-15(21)12-5-4-11(19)10-13(12)23-18(14)6-8-20-9-7-18/h4-5,10,14,20H,6-9H2,1-3H3. The van der Waals surface area contributed by atoms with Gasteiger partial charge in [0.15, 0.2) is 11.7 Å². The van der Waals surface area contributed by atoms with E-state index in [0.29, 0.717) is 25.9 Å². The fourth-order valence-corrected chi connectivity index (χ4v) is 3.38. The largest absolute Gasteiger partial charge is 0.485 e. The smallest absolute Gasteiger partial charge is 0.321 e. The molecule has 1 aromatic rings. The molecule has 130 valence electrons. The van der Waals surface area contributed by atoms with Gasteiger partial charge in [0.2, 0.25) is 0 Å². The number of fused-ring (bicyclic) bond motifs is 1. The van der Waals surface area contributed by atoms with Gasteiger partial charge in [-0.3, -0.25) is 9.59 Å². The normalized spacial score (nSPS) is 22.7. The number of hydrogen-bond acceptors (Lipinski definition) is 5. The summed E-state index contributed by atoms with van der Waals surface area (Å²) in [5, 5.41) is 3.20. The lowest BCUT2D eigenvalue weighted by Gasteiger charge is -2.45. The number of Topliss-reactive ketones (excluding diaryl/α,β-unsaturated/α-hetero) is 1. The number of carbonyl (C=O) groups excluding carboxylic acids is 2. The summed E-state index contributed by atoms with van der Waals surface area (Å²) in [7, 11) is 0. The third-order valence-corrected chi connectivity index (χ3v) is 4.40. The minimum Gasteiger partial charge on any atom is -0.485 e. The number of carbonyl (C=O) groups is 2. The molecule has 2 heterocycles. The molecule has 1 fully saturated rings. The Morgan fingerprint density at radius 2 is 2.00 bits per heavy atom. The molecule has 0 saturated carbocycles. The van der Waals surface area contributed by atoms with E-state index in [1.165, 1.54) is 18.2 Å². The highest BCUT2D eigenvalue weighted by atomic mass is 19.1. The summed E-state index contributed by atoms with van der Waals surface area (Å²) in [6.07, 6.45) is 0.969. The minimum atomic E-state index is -1.03. The number of hydrogen-bond donors (Lipinski definition) is 1. The number of rotatable bonds is 1. The highest BCUT2D eigenvalue weighted by molar-refractivity contribution is 6.12. The second kappa shape index (κ2) is 5.84. The maximum absolute atomic E-state index is 13.6. The first-order chi connectivity index (χ1) is 11.2. The van der Waals surface area contributed by atoms with Crippen LogP contribution in [0.1, 0.15) is 44.0 Å². The van der Waals surface area contributed by atoms with Crippen molar-refractivity contribution in [3.63, 3.8) is 0 Å². The van der Waals surface area contributed by atoms with Gasteiger partial charge in [-0.1, -0.05) is 0 Å². The molecule has 1 atom stereocenters. The van der Waals surface area contributed by atoms with Gasteiger partial charge in [-0.2, -0.15) is 0 Å². The second-order valence-corrected chi connectivity index (χ2v) is 7.39. The van der Waals surface area contributed by atoms with E-state index in [2.05, 4.69) is 5.32 Å². The fourth-order valence-electron chi connectivity index (χ4n) is 3.38. The Kier molecular flexibility index (Phi) is 4.11.